The molecule has 120 valence electrons. The van der Waals surface area contributed by atoms with Gasteiger partial charge in [0.2, 0.25) is 0 Å². The highest BCUT2D eigenvalue weighted by molar-refractivity contribution is 7.57. The van der Waals surface area contributed by atoms with Gasteiger partial charge in [0.05, 0.1) is 13.2 Å². The van der Waals surface area contributed by atoms with Gasteiger partial charge >= 0.3 is 7.60 Å². The molecule has 0 amide bonds. The van der Waals surface area contributed by atoms with Crippen LogP contribution in [0.1, 0.15) is 78.6 Å². The molecule has 0 unspecified atom stereocenters. The SMILES string of the molecule is CCCCCCCCCCC=CP(=O)(OCC)OCC. The van der Waals surface area contributed by atoms with Gasteiger partial charge in [-0.2, -0.15) is 0 Å². The van der Waals surface area contributed by atoms with E-state index in [0.717, 1.165) is 12.8 Å². The molecule has 0 saturated heterocycles. The third kappa shape index (κ3) is 11.7. The van der Waals surface area contributed by atoms with Gasteiger partial charge in [-0.25, -0.2) is 0 Å². The molecule has 0 radical (unpaired) electrons. The Balaban J connectivity index is 3.61. The standard InChI is InChI=1S/C16H33O3P/c1-4-7-8-9-10-11-12-13-14-15-16-20(17,18-5-2)19-6-3/h15-16H,4-14H2,1-3H3. The van der Waals surface area contributed by atoms with Crippen molar-refractivity contribution in [1.82, 2.24) is 0 Å². The normalized spacial score (nSPS) is 12.3. The van der Waals surface area contributed by atoms with Crippen LogP contribution in [0.5, 0.6) is 0 Å². The molecule has 0 aromatic rings. The Morgan fingerprint density at radius 1 is 0.800 bits per heavy atom. The summed E-state index contributed by atoms with van der Waals surface area (Å²) in [6, 6.07) is 0. The molecule has 0 aliphatic carbocycles. The van der Waals surface area contributed by atoms with Crippen LogP contribution in [0.25, 0.3) is 0 Å². The molecule has 0 aromatic carbocycles. The summed E-state index contributed by atoms with van der Waals surface area (Å²) < 4.78 is 22.5. The summed E-state index contributed by atoms with van der Waals surface area (Å²) >= 11 is 0. The lowest BCUT2D eigenvalue weighted by molar-refractivity contribution is 0.229. The number of allylic oxidation sites excluding steroid dienone is 1. The second-order valence-corrected chi connectivity index (χ2v) is 6.92. The molecule has 3 nitrogen and oxygen atoms in total. The van der Waals surface area contributed by atoms with Gasteiger partial charge in [-0.05, 0) is 26.7 Å². The molecular formula is C16H33O3P. The maximum Gasteiger partial charge on any atom is 0.353 e. The van der Waals surface area contributed by atoms with Gasteiger partial charge < -0.3 is 9.05 Å². The molecule has 0 saturated carbocycles. The fourth-order valence-electron chi connectivity index (χ4n) is 2.08. The van der Waals surface area contributed by atoms with Crippen LogP contribution in [-0.2, 0) is 13.6 Å². The molecule has 0 heterocycles. The average molecular weight is 304 g/mol. The average Bonchev–Trinajstić information content (AvgIpc) is 2.41. The van der Waals surface area contributed by atoms with Gasteiger partial charge in [0.15, 0.2) is 0 Å². The van der Waals surface area contributed by atoms with Crippen molar-refractivity contribution in [3.05, 3.63) is 11.9 Å². The van der Waals surface area contributed by atoms with E-state index in [9.17, 15) is 4.57 Å². The van der Waals surface area contributed by atoms with Crippen LogP contribution in [0.4, 0.5) is 0 Å². The molecule has 0 rings (SSSR count). The highest BCUT2D eigenvalue weighted by Crippen LogP contribution is 2.49. The number of hydrogen-bond donors (Lipinski definition) is 0. The molecule has 0 fully saturated rings. The van der Waals surface area contributed by atoms with Crippen LogP contribution in [0.15, 0.2) is 11.9 Å². The van der Waals surface area contributed by atoms with E-state index in [-0.39, 0.29) is 0 Å². The Morgan fingerprint density at radius 2 is 1.30 bits per heavy atom. The Bertz CT molecular complexity index is 267. The van der Waals surface area contributed by atoms with Crippen molar-refractivity contribution in [3.63, 3.8) is 0 Å². The smallest absolute Gasteiger partial charge is 0.306 e. The predicted octanol–water partition coefficient (Wildman–Crippen LogP) is 6.30. The van der Waals surface area contributed by atoms with Crippen LogP contribution < -0.4 is 0 Å². The fourth-order valence-corrected chi connectivity index (χ4v) is 3.46. The van der Waals surface area contributed by atoms with Crippen LogP contribution in [-0.4, -0.2) is 13.2 Å². The van der Waals surface area contributed by atoms with Crippen molar-refractivity contribution in [2.24, 2.45) is 0 Å². The van der Waals surface area contributed by atoms with Gasteiger partial charge in [-0.15, -0.1) is 0 Å². The van der Waals surface area contributed by atoms with Crippen molar-refractivity contribution in [2.45, 2.75) is 78.6 Å². The van der Waals surface area contributed by atoms with Crippen LogP contribution >= 0.6 is 7.60 Å². The van der Waals surface area contributed by atoms with Crippen molar-refractivity contribution in [1.29, 1.82) is 0 Å². The first-order chi connectivity index (χ1) is 9.68. The topological polar surface area (TPSA) is 35.5 Å². The lowest BCUT2D eigenvalue weighted by Gasteiger charge is -2.12. The zero-order valence-corrected chi connectivity index (χ0v) is 14.5. The highest BCUT2D eigenvalue weighted by atomic mass is 31.2. The summed E-state index contributed by atoms with van der Waals surface area (Å²) in [4.78, 5) is 0. The fraction of sp³-hybridized carbons (Fsp3) is 0.875. The third-order valence-electron chi connectivity index (χ3n) is 3.13. The molecule has 0 aromatic heterocycles. The maximum absolute atomic E-state index is 12.1. The summed E-state index contributed by atoms with van der Waals surface area (Å²) in [5, 5.41) is 0. The summed E-state index contributed by atoms with van der Waals surface area (Å²) in [5.41, 5.74) is 0. The quantitative estimate of drug-likeness (QED) is 0.279. The minimum atomic E-state index is -2.97. The van der Waals surface area contributed by atoms with E-state index in [2.05, 4.69) is 6.92 Å². The van der Waals surface area contributed by atoms with E-state index in [0.29, 0.717) is 13.2 Å². The summed E-state index contributed by atoms with van der Waals surface area (Å²) in [7, 11) is -2.97. The Labute approximate surface area is 125 Å². The van der Waals surface area contributed by atoms with Gasteiger partial charge in [-0.3, -0.25) is 4.57 Å². The third-order valence-corrected chi connectivity index (χ3v) is 4.94. The lowest BCUT2D eigenvalue weighted by atomic mass is 10.1. The maximum atomic E-state index is 12.1. The van der Waals surface area contributed by atoms with Crippen LogP contribution in [0, 0.1) is 0 Å². The van der Waals surface area contributed by atoms with Crippen molar-refractivity contribution in [2.75, 3.05) is 13.2 Å². The van der Waals surface area contributed by atoms with E-state index in [1.807, 2.05) is 19.9 Å². The Hall–Kier alpha value is -0.110. The molecule has 0 atom stereocenters. The Morgan fingerprint density at radius 3 is 1.80 bits per heavy atom. The minimum Gasteiger partial charge on any atom is -0.306 e. The molecule has 0 aliphatic heterocycles. The summed E-state index contributed by atoms with van der Waals surface area (Å²) in [6.07, 6.45) is 13.4. The first kappa shape index (κ1) is 19.9. The largest absolute Gasteiger partial charge is 0.353 e. The molecule has 0 bridgehead atoms. The zero-order valence-electron chi connectivity index (χ0n) is 13.6. The number of hydrogen-bond acceptors (Lipinski definition) is 3. The van der Waals surface area contributed by atoms with Gasteiger partial charge in [-0.1, -0.05) is 57.9 Å². The van der Waals surface area contributed by atoms with Gasteiger partial charge in [0.25, 0.3) is 0 Å². The minimum absolute atomic E-state index is 0.416. The van der Waals surface area contributed by atoms with Gasteiger partial charge in [0, 0.05) is 5.82 Å². The van der Waals surface area contributed by atoms with E-state index in [1.165, 1.54) is 44.9 Å². The Kier molecular flexibility index (Phi) is 13.8. The molecular weight excluding hydrogens is 271 g/mol. The molecule has 0 N–H and O–H groups in total. The van der Waals surface area contributed by atoms with Crippen LogP contribution in [0.3, 0.4) is 0 Å². The lowest BCUT2D eigenvalue weighted by Crippen LogP contribution is -1.92. The zero-order chi connectivity index (χ0) is 15.1. The van der Waals surface area contributed by atoms with Gasteiger partial charge in [0.1, 0.15) is 0 Å². The van der Waals surface area contributed by atoms with Crippen molar-refractivity contribution in [3.8, 4) is 0 Å². The van der Waals surface area contributed by atoms with E-state index < -0.39 is 7.60 Å². The van der Waals surface area contributed by atoms with E-state index in [1.54, 1.807) is 5.82 Å². The second-order valence-electron chi connectivity index (χ2n) is 5.02. The van der Waals surface area contributed by atoms with E-state index in [4.69, 9.17) is 9.05 Å². The van der Waals surface area contributed by atoms with E-state index >= 15 is 0 Å². The van der Waals surface area contributed by atoms with Crippen molar-refractivity contribution < 1.29 is 13.6 Å². The summed E-state index contributed by atoms with van der Waals surface area (Å²) in [6.45, 7) is 6.74. The molecule has 4 heteroatoms. The molecule has 0 spiro atoms. The molecule has 20 heavy (non-hydrogen) atoms. The van der Waals surface area contributed by atoms with Crippen LogP contribution in [0.2, 0.25) is 0 Å². The monoisotopic (exact) mass is 304 g/mol. The highest BCUT2D eigenvalue weighted by Gasteiger charge is 2.18. The first-order valence-corrected chi connectivity index (χ1v) is 9.86. The first-order valence-electron chi connectivity index (χ1n) is 8.25. The molecule has 0 aliphatic rings. The van der Waals surface area contributed by atoms with Crippen molar-refractivity contribution >= 4 is 7.60 Å². The number of unbranched alkanes of at least 4 members (excludes halogenated alkanes) is 8. The predicted molar refractivity (Wildman–Crippen MR) is 87.2 cm³/mol. The number of rotatable bonds is 14. The second kappa shape index (κ2) is 13.9. The summed E-state index contributed by atoms with van der Waals surface area (Å²) in [5.74, 6) is 1.63.